The van der Waals surface area contributed by atoms with Gasteiger partial charge in [-0.05, 0) is 24.6 Å². The lowest BCUT2D eigenvalue weighted by molar-refractivity contribution is -0.142. The summed E-state index contributed by atoms with van der Waals surface area (Å²) in [6.45, 7) is 3.10. The van der Waals surface area contributed by atoms with E-state index in [1.54, 1.807) is 12.1 Å². The van der Waals surface area contributed by atoms with Crippen molar-refractivity contribution in [3.8, 4) is 0 Å². The molecule has 104 valence electrons. The zero-order chi connectivity index (χ0) is 13.8. The Bertz CT molecular complexity index is 436. The third-order valence-corrected chi connectivity index (χ3v) is 3.86. The van der Waals surface area contributed by atoms with Gasteiger partial charge in [-0.3, -0.25) is 4.79 Å². The molecule has 1 aliphatic heterocycles. The van der Waals surface area contributed by atoms with Crippen molar-refractivity contribution in [2.75, 3.05) is 19.0 Å². The van der Waals surface area contributed by atoms with E-state index in [1.165, 1.54) is 0 Å². The number of hydrogen-bond donors (Lipinski definition) is 0. The van der Waals surface area contributed by atoms with E-state index in [2.05, 4.69) is 0 Å². The minimum atomic E-state index is -0.0629. The lowest BCUT2D eigenvalue weighted by atomic mass is 10.1. The van der Waals surface area contributed by atoms with Crippen molar-refractivity contribution in [2.45, 2.75) is 25.5 Å². The quantitative estimate of drug-likeness (QED) is 0.804. The van der Waals surface area contributed by atoms with Crippen LogP contribution in [0.5, 0.6) is 0 Å². The Morgan fingerprint density at radius 3 is 2.74 bits per heavy atom. The van der Waals surface area contributed by atoms with E-state index in [0.717, 1.165) is 5.56 Å². The van der Waals surface area contributed by atoms with Crippen molar-refractivity contribution in [3.63, 3.8) is 0 Å². The Morgan fingerprint density at radius 2 is 2.11 bits per heavy atom. The first-order chi connectivity index (χ1) is 9.10. The van der Waals surface area contributed by atoms with Gasteiger partial charge >= 0.3 is 0 Å². The average Bonchev–Trinajstić information content (AvgIpc) is 2.42. The summed E-state index contributed by atoms with van der Waals surface area (Å²) < 4.78 is 5.54. The zero-order valence-corrected chi connectivity index (χ0v) is 12.3. The molecule has 2 rings (SSSR count). The van der Waals surface area contributed by atoms with Crippen molar-refractivity contribution in [2.24, 2.45) is 0 Å². The van der Waals surface area contributed by atoms with Gasteiger partial charge < -0.3 is 9.64 Å². The number of morpholine rings is 1. The number of rotatable bonds is 3. The van der Waals surface area contributed by atoms with Crippen LogP contribution in [0.3, 0.4) is 0 Å². The number of carbonyl (C=O) groups is 1. The van der Waals surface area contributed by atoms with Gasteiger partial charge in [-0.1, -0.05) is 23.7 Å². The number of amides is 1. The number of carbonyl (C=O) groups excluding carboxylic acids is 1. The molecule has 0 spiro atoms. The molecule has 2 unspecified atom stereocenters. The largest absolute Gasteiger partial charge is 0.373 e. The fraction of sp³-hybridized carbons (Fsp3) is 0.500. The van der Waals surface area contributed by atoms with Gasteiger partial charge in [0.05, 0.1) is 31.1 Å². The Hall–Kier alpha value is -0.770. The third-order valence-electron chi connectivity index (χ3n) is 3.27. The molecule has 2 atom stereocenters. The summed E-state index contributed by atoms with van der Waals surface area (Å²) in [6.07, 6.45) is 0.323. The average molecular weight is 302 g/mol. The van der Waals surface area contributed by atoms with E-state index in [1.807, 2.05) is 24.0 Å². The highest BCUT2D eigenvalue weighted by molar-refractivity contribution is 6.30. The smallest absolute Gasteiger partial charge is 0.227 e. The predicted octanol–water partition coefficient (Wildman–Crippen LogP) is 2.74. The maximum absolute atomic E-state index is 12.3. The van der Waals surface area contributed by atoms with Crippen LogP contribution < -0.4 is 0 Å². The van der Waals surface area contributed by atoms with Gasteiger partial charge in [-0.15, -0.1) is 11.6 Å². The highest BCUT2D eigenvalue weighted by Crippen LogP contribution is 2.16. The Balaban J connectivity index is 2.00. The molecule has 0 aliphatic carbocycles. The van der Waals surface area contributed by atoms with Crippen LogP contribution >= 0.6 is 23.2 Å². The van der Waals surface area contributed by atoms with Gasteiger partial charge in [0.25, 0.3) is 0 Å². The molecule has 1 amide bonds. The maximum atomic E-state index is 12.3. The van der Waals surface area contributed by atoms with Gasteiger partial charge in [0.2, 0.25) is 5.91 Å². The highest BCUT2D eigenvalue weighted by Gasteiger charge is 2.28. The summed E-state index contributed by atoms with van der Waals surface area (Å²) in [7, 11) is 0. The zero-order valence-electron chi connectivity index (χ0n) is 10.8. The molecule has 1 fully saturated rings. The SMILES string of the molecule is CC1COC(CCl)CN1C(=O)Cc1ccc(Cl)cc1. The van der Waals surface area contributed by atoms with Gasteiger partial charge in [-0.2, -0.15) is 0 Å². The lowest BCUT2D eigenvalue weighted by Gasteiger charge is -2.37. The first-order valence-corrected chi connectivity index (χ1v) is 7.23. The molecule has 19 heavy (non-hydrogen) atoms. The van der Waals surface area contributed by atoms with Crippen LogP contribution in [0.15, 0.2) is 24.3 Å². The van der Waals surface area contributed by atoms with Crippen LogP contribution in [0.2, 0.25) is 5.02 Å². The second kappa shape index (κ2) is 6.60. The summed E-state index contributed by atoms with van der Waals surface area (Å²) in [5.74, 6) is 0.519. The van der Waals surface area contributed by atoms with E-state index in [-0.39, 0.29) is 18.1 Å². The second-order valence-corrected chi connectivity index (χ2v) is 5.55. The standard InChI is InChI=1S/C14H17Cl2NO2/c1-10-9-19-13(7-15)8-17(10)14(18)6-11-2-4-12(16)5-3-11/h2-5,10,13H,6-9H2,1H3. The van der Waals surface area contributed by atoms with Crippen LogP contribution in [0.4, 0.5) is 0 Å². The summed E-state index contributed by atoms with van der Waals surface area (Å²) in [5.41, 5.74) is 0.968. The normalized spacial score (nSPS) is 23.4. The van der Waals surface area contributed by atoms with Crippen molar-refractivity contribution in [3.05, 3.63) is 34.9 Å². The Labute approximate surface area is 123 Å². The second-order valence-electron chi connectivity index (χ2n) is 4.81. The summed E-state index contributed by atoms with van der Waals surface area (Å²) in [5, 5.41) is 0.679. The molecular formula is C14H17Cl2NO2. The number of alkyl halides is 1. The van der Waals surface area contributed by atoms with Crippen LogP contribution in [-0.2, 0) is 16.0 Å². The fourth-order valence-corrected chi connectivity index (χ4v) is 2.45. The van der Waals surface area contributed by atoms with Crippen LogP contribution in [0.1, 0.15) is 12.5 Å². The molecule has 0 radical (unpaired) electrons. The van der Waals surface area contributed by atoms with Gasteiger partial charge in [0.15, 0.2) is 0 Å². The minimum absolute atomic E-state index is 0.0629. The Morgan fingerprint density at radius 1 is 1.42 bits per heavy atom. The maximum Gasteiger partial charge on any atom is 0.227 e. The number of ether oxygens (including phenoxy) is 1. The molecule has 0 N–H and O–H groups in total. The van der Waals surface area contributed by atoms with Crippen molar-refractivity contribution in [1.29, 1.82) is 0 Å². The molecule has 5 heteroatoms. The molecule has 1 aliphatic rings. The molecular weight excluding hydrogens is 285 g/mol. The summed E-state index contributed by atoms with van der Waals surface area (Å²) in [6, 6.07) is 7.46. The predicted molar refractivity (Wildman–Crippen MR) is 76.8 cm³/mol. The van der Waals surface area contributed by atoms with Crippen LogP contribution in [0, 0.1) is 0 Å². The molecule has 1 aromatic carbocycles. The molecule has 1 saturated heterocycles. The summed E-state index contributed by atoms with van der Waals surface area (Å²) in [4.78, 5) is 14.2. The van der Waals surface area contributed by atoms with Crippen molar-refractivity contribution >= 4 is 29.1 Å². The van der Waals surface area contributed by atoms with E-state index in [4.69, 9.17) is 27.9 Å². The molecule has 3 nitrogen and oxygen atoms in total. The Kier molecular flexibility index (Phi) is 5.08. The lowest BCUT2D eigenvalue weighted by Crippen LogP contribution is -2.52. The van der Waals surface area contributed by atoms with E-state index < -0.39 is 0 Å². The fourth-order valence-electron chi connectivity index (χ4n) is 2.14. The number of hydrogen-bond acceptors (Lipinski definition) is 2. The molecule has 0 saturated carbocycles. The minimum Gasteiger partial charge on any atom is -0.373 e. The van der Waals surface area contributed by atoms with Crippen LogP contribution in [-0.4, -0.2) is 42.0 Å². The highest BCUT2D eigenvalue weighted by atomic mass is 35.5. The monoisotopic (exact) mass is 301 g/mol. The molecule has 1 aromatic rings. The van der Waals surface area contributed by atoms with E-state index in [0.29, 0.717) is 30.5 Å². The van der Waals surface area contributed by atoms with Gasteiger partial charge in [0.1, 0.15) is 0 Å². The first kappa shape index (κ1) is 14.6. The number of nitrogens with zero attached hydrogens (tertiary/aromatic N) is 1. The summed E-state index contributed by atoms with van der Waals surface area (Å²) >= 11 is 11.6. The molecule has 1 heterocycles. The van der Waals surface area contributed by atoms with Gasteiger partial charge in [-0.25, -0.2) is 0 Å². The number of halogens is 2. The van der Waals surface area contributed by atoms with Gasteiger partial charge in [0, 0.05) is 11.6 Å². The molecule has 0 bridgehead atoms. The first-order valence-electron chi connectivity index (χ1n) is 6.31. The topological polar surface area (TPSA) is 29.5 Å². The van der Waals surface area contributed by atoms with E-state index in [9.17, 15) is 4.79 Å². The van der Waals surface area contributed by atoms with Crippen LogP contribution in [0.25, 0.3) is 0 Å². The van der Waals surface area contributed by atoms with Crippen molar-refractivity contribution in [1.82, 2.24) is 4.90 Å². The molecule has 0 aromatic heterocycles. The van der Waals surface area contributed by atoms with Crippen molar-refractivity contribution < 1.29 is 9.53 Å². The third kappa shape index (κ3) is 3.85. The number of benzene rings is 1. The van der Waals surface area contributed by atoms with E-state index >= 15 is 0 Å².